The Kier molecular flexibility index (Phi) is 14.0. The molecule has 7 rings (SSSR count). The maximum atomic E-state index is 12.5. The number of likely N-dealkylation sites (N-methyl/N-ethyl adjacent to an activating group) is 1. The lowest BCUT2D eigenvalue weighted by molar-refractivity contribution is -0.419. The molecule has 0 radical (unpaired) electrons. The number of ether oxygens (including phenoxy) is 3. The number of nitro groups is 1. The van der Waals surface area contributed by atoms with E-state index < -0.39 is 15.8 Å². The molecule has 0 bridgehead atoms. The topological polar surface area (TPSA) is 91.1 Å². The average Bonchev–Trinajstić information content (AvgIpc) is 3.48. The van der Waals surface area contributed by atoms with Crippen LogP contribution in [-0.4, -0.2) is 44.2 Å². The number of benzene rings is 5. The normalized spacial score (nSPS) is 16.3. The highest BCUT2D eigenvalue weighted by molar-refractivity contribution is 6.07. The van der Waals surface area contributed by atoms with Gasteiger partial charge in [-0.2, -0.15) is 0 Å². The number of fused-ring (bicyclic) bond motifs is 1. The molecule has 1 heterocycles. The van der Waals surface area contributed by atoms with Crippen LogP contribution >= 0.6 is 0 Å². The summed E-state index contributed by atoms with van der Waals surface area (Å²) in [6, 6.07) is 42.2. The predicted octanol–water partition coefficient (Wildman–Crippen LogP) is 13.3. The predicted molar refractivity (Wildman–Crippen MR) is 276 cm³/mol. The first-order chi connectivity index (χ1) is 32.0. The number of rotatable bonds is 14. The molecule has 1 aliphatic heterocycles. The zero-order chi connectivity index (χ0) is 49.2. The zero-order valence-electron chi connectivity index (χ0n) is 42.0. The first-order valence-corrected chi connectivity index (χ1v) is 23.7. The Labute approximate surface area is 404 Å². The van der Waals surface area contributed by atoms with E-state index in [-0.39, 0.29) is 33.3 Å². The molecule has 0 amide bonds. The van der Waals surface area contributed by atoms with Crippen LogP contribution in [0.1, 0.15) is 121 Å². The second-order valence-electron chi connectivity index (χ2n) is 21.6. The van der Waals surface area contributed by atoms with Crippen molar-refractivity contribution in [2.24, 2.45) is 0 Å². The van der Waals surface area contributed by atoms with Gasteiger partial charge in [0.2, 0.25) is 0 Å². The molecule has 8 heteroatoms. The number of ketones is 1. The Morgan fingerprint density at radius 3 is 1.43 bits per heavy atom. The highest BCUT2D eigenvalue weighted by atomic mass is 16.6. The molecule has 354 valence electrons. The molecule has 8 nitrogen and oxygen atoms in total. The lowest BCUT2D eigenvalue weighted by Gasteiger charge is -2.38. The van der Waals surface area contributed by atoms with Gasteiger partial charge in [-0.05, 0) is 109 Å². The van der Waals surface area contributed by atoms with E-state index in [1.165, 1.54) is 51.6 Å². The lowest BCUT2D eigenvalue weighted by atomic mass is 9.64. The number of carbonyl (C=O) groups is 1. The molecule has 2 aliphatic rings. The summed E-state index contributed by atoms with van der Waals surface area (Å²) in [6.07, 6.45) is 7.30. The van der Waals surface area contributed by atoms with Crippen molar-refractivity contribution in [2.45, 2.75) is 103 Å². The van der Waals surface area contributed by atoms with Crippen molar-refractivity contribution in [1.82, 2.24) is 0 Å². The fourth-order valence-corrected chi connectivity index (χ4v) is 9.35. The standard InChI is InChI=1S/C60H68N2O6/c1-56(2,3)42-14-20-45(21-15-42)60(46-22-16-43(17-23-46)57(4,5)6,47-24-18-44(19-25-47)58(7,8)9)48-26-29-50(30-27-48)67-37-35-66-36-38-68-51-31-32-53-52(40-51)59(10,11)55(61(53)12)34-13-41-39-49(62(64)65)28-33-54(41)63/h13-34,39-40H,35-38H2,1-12H3/b41-13-,55-34-. The third-order valence-corrected chi connectivity index (χ3v) is 13.5. The van der Waals surface area contributed by atoms with E-state index in [9.17, 15) is 14.9 Å². The fourth-order valence-electron chi connectivity index (χ4n) is 9.35. The molecule has 68 heavy (non-hydrogen) atoms. The molecule has 0 N–H and O–H groups in total. The number of anilines is 1. The Morgan fingerprint density at radius 1 is 0.574 bits per heavy atom. The summed E-state index contributed by atoms with van der Waals surface area (Å²) >= 11 is 0. The van der Waals surface area contributed by atoms with E-state index >= 15 is 0 Å². The zero-order valence-corrected chi connectivity index (χ0v) is 42.0. The molecule has 0 atom stereocenters. The smallest absolute Gasteiger partial charge is 0.270 e. The van der Waals surface area contributed by atoms with Gasteiger partial charge in [0.1, 0.15) is 24.7 Å². The van der Waals surface area contributed by atoms with Crippen LogP contribution in [0, 0.1) is 10.1 Å². The fraction of sp³-hybridized carbons (Fsp3) is 0.350. The van der Waals surface area contributed by atoms with Crippen LogP contribution in [0.4, 0.5) is 5.69 Å². The van der Waals surface area contributed by atoms with Crippen LogP contribution in [-0.2, 0) is 36.6 Å². The first-order valence-electron chi connectivity index (χ1n) is 23.7. The van der Waals surface area contributed by atoms with Gasteiger partial charge in [-0.1, -0.05) is 161 Å². The van der Waals surface area contributed by atoms with Gasteiger partial charge in [-0.25, -0.2) is 0 Å². The van der Waals surface area contributed by atoms with Crippen LogP contribution in [0.25, 0.3) is 0 Å². The van der Waals surface area contributed by atoms with Crippen molar-refractivity contribution in [1.29, 1.82) is 0 Å². The highest BCUT2D eigenvalue weighted by Crippen LogP contribution is 2.49. The van der Waals surface area contributed by atoms with Crippen LogP contribution in [0.2, 0.25) is 0 Å². The second-order valence-corrected chi connectivity index (χ2v) is 21.6. The lowest BCUT2D eigenvalue weighted by Crippen LogP contribution is -2.31. The number of hydrogen-bond donors (Lipinski definition) is 0. The average molecular weight is 913 g/mol. The van der Waals surface area contributed by atoms with Gasteiger partial charge >= 0.3 is 0 Å². The molecule has 0 fully saturated rings. The minimum atomic E-state index is -0.606. The van der Waals surface area contributed by atoms with Crippen molar-refractivity contribution < 1.29 is 23.9 Å². The highest BCUT2D eigenvalue weighted by Gasteiger charge is 2.40. The Morgan fingerprint density at radius 2 is 0.985 bits per heavy atom. The van der Waals surface area contributed by atoms with Crippen molar-refractivity contribution in [3.8, 4) is 11.5 Å². The molecule has 0 saturated carbocycles. The van der Waals surface area contributed by atoms with Crippen molar-refractivity contribution in [3.63, 3.8) is 0 Å². The molecule has 0 aromatic heterocycles. The van der Waals surface area contributed by atoms with E-state index in [2.05, 4.69) is 178 Å². The molecule has 1 aliphatic carbocycles. The van der Waals surface area contributed by atoms with Crippen LogP contribution < -0.4 is 14.4 Å². The number of allylic oxidation sites excluding steroid dienone is 7. The SMILES string of the molecule is CN1/C(=C\C=C2\C=C([N+](=O)[O-])C=CC2=O)C(C)(C)c2cc(OCCOCCOc3ccc(C(c4ccc(C(C)(C)C)cc4)(c4ccc(C(C)(C)C)cc4)c4ccc(C(C)(C)C)cc4)cc3)ccc21. The molecule has 5 aromatic carbocycles. The maximum Gasteiger partial charge on any atom is 0.270 e. The second kappa shape index (κ2) is 19.2. The minimum absolute atomic E-state index is 0.0215. The maximum absolute atomic E-state index is 12.5. The van der Waals surface area contributed by atoms with E-state index in [1.807, 2.05) is 31.3 Å². The van der Waals surface area contributed by atoms with Crippen LogP contribution in [0.3, 0.4) is 0 Å². The first kappa shape index (κ1) is 49.4. The van der Waals surface area contributed by atoms with E-state index in [0.29, 0.717) is 26.4 Å². The summed E-state index contributed by atoms with van der Waals surface area (Å²) in [6.45, 7) is 26.1. The van der Waals surface area contributed by atoms with Gasteiger partial charge in [0.05, 0.1) is 23.6 Å². The summed E-state index contributed by atoms with van der Waals surface area (Å²) < 4.78 is 18.4. The molecule has 0 spiro atoms. The summed E-state index contributed by atoms with van der Waals surface area (Å²) in [5.41, 5.74) is 10.9. The van der Waals surface area contributed by atoms with Crippen LogP contribution in [0.5, 0.6) is 11.5 Å². The van der Waals surface area contributed by atoms with Gasteiger partial charge in [0, 0.05) is 41.6 Å². The van der Waals surface area contributed by atoms with Crippen LogP contribution in [0.15, 0.2) is 163 Å². The molecule has 0 saturated heterocycles. The van der Waals surface area contributed by atoms with Gasteiger partial charge in [0.15, 0.2) is 5.78 Å². The monoisotopic (exact) mass is 913 g/mol. The van der Waals surface area contributed by atoms with Gasteiger partial charge in [0.25, 0.3) is 5.70 Å². The van der Waals surface area contributed by atoms with Crippen molar-refractivity contribution >= 4 is 11.5 Å². The Bertz CT molecular complexity index is 2610. The number of hydrogen-bond acceptors (Lipinski definition) is 7. The third-order valence-electron chi connectivity index (χ3n) is 13.5. The third kappa shape index (κ3) is 10.3. The van der Waals surface area contributed by atoms with Gasteiger partial charge in [-0.15, -0.1) is 0 Å². The molecule has 5 aromatic rings. The molecular weight excluding hydrogens is 845 g/mol. The minimum Gasteiger partial charge on any atom is -0.491 e. The van der Waals surface area contributed by atoms with E-state index in [1.54, 1.807) is 6.08 Å². The number of carbonyl (C=O) groups excluding carboxylic acids is 1. The molecule has 0 unspecified atom stereocenters. The summed E-state index contributed by atoms with van der Waals surface area (Å²) in [7, 11) is 1.98. The quantitative estimate of drug-likeness (QED) is 0.0360. The Hall–Kier alpha value is -6.51. The van der Waals surface area contributed by atoms with E-state index in [4.69, 9.17) is 14.2 Å². The number of nitrogens with zero attached hydrogens (tertiary/aromatic N) is 2. The van der Waals surface area contributed by atoms with Gasteiger partial charge < -0.3 is 19.1 Å². The van der Waals surface area contributed by atoms with Gasteiger partial charge in [-0.3, -0.25) is 14.9 Å². The Balaban J connectivity index is 1.03. The van der Waals surface area contributed by atoms with Crippen molar-refractivity contribution in [3.05, 3.63) is 217 Å². The largest absolute Gasteiger partial charge is 0.491 e. The summed E-state index contributed by atoms with van der Waals surface area (Å²) in [5, 5.41) is 11.3. The summed E-state index contributed by atoms with van der Waals surface area (Å²) in [4.78, 5) is 25.4. The van der Waals surface area contributed by atoms with E-state index in [0.717, 1.165) is 34.0 Å². The molecular formula is C60H68N2O6. The summed E-state index contributed by atoms with van der Waals surface area (Å²) in [5.74, 6) is 1.23. The van der Waals surface area contributed by atoms with Crippen molar-refractivity contribution in [2.75, 3.05) is 38.4 Å².